The molecule has 0 fully saturated rings. The van der Waals surface area contributed by atoms with Crippen LogP contribution in [0.1, 0.15) is 39.0 Å². The number of nitrogens with two attached hydrogens (primary N) is 1. The van der Waals surface area contributed by atoms with E-state index >= 15 is 0 Å². The molecule has 0 saturated carbocycles. The largest absolute Gasteiger partial charge is 0.330 e. The van der Waals surface area contributed by atoms with Crippen LogP contribution in [0.4, 0.5) is 5.69 Å². The Bertz CT molecular complexity index is 434. The Hall–Kier alpha value is -0.580. The zero-order chi connectivity index (χ0) is 15.0. The molecule has 1 aromatic rings. The van der Waals surface area contributed by atoms with Crippen LogP contribution in [0.2, 0.25) is 5.02 Å². The second-order valence-electron chi connectivity index (χ2n) is 4.95. The highest BCUT2D eigenvalue weighted by atomic mass is 79.9. The summed E-state index contributed by atoms with van der Waals surface area (Å²) in [6.07, 6.45) is 4.69. The Balaban J connectivity index is 2.44. The van der Waals surface area contributed by atoms with Crippen LogP contribution in [-0.4, -0.2) is 12.5 Å². The summed E-state index contributed by atoms with van der Waals surface area (Å²) in [4.78, 5) is 11.9. The molecule has 1 atom stereocenters. The van der Waals surface area contributed by atoms with Crippen LogP contribution in [0.5, 0.6) is 0 Å². The number of halogens is 2. The van der Waals surface area contributed by atoms with Gasteiger partial charge in [-0.3, -0.25) is 4.79 Å². The summed E-state index contributed by atoms with van der Waals surface area (Å²) < 4.78 is 0.781. The van der Waals surface area contributed by atoms with Crippen molar-refractivity contribution in [2.24, 2.45) is 11.7 Å². The average molecular weight is 362 g/mol. The average Bonchev–Trinajstić information content (AvgIpc) is 2.41. The van der Waals surface area contributed by atoms with Gasteiger partial charge in [0.25, 0.3) is 0 Å². The summed E-state index contributed by atoms with van der Waals surface area (Å²) in [6, 6.07) is 5.37. The fourth-order valence-corrected chi connectivity index (χ4v) is 2.71. The smallest absolute Gasteiger partial charge is 0.224 e. The van der Waals surface area contributed by atoms with E-state index in [0.717, 1.165) is 35.8 Å². The molecule has 0 aliphatic rings. The maximum atomic E-state index is 11.9. The van der Waals surface area contributed by atoms with Gasteiger partial charge in [0.05, 0.1) is 5.02 Å². The molecular formula is C15H22BrClN2O. The van der Waals surface area contributed by atoms with Crippen LogP contribution in [0.25, 0.3) is 0 Å². The van der Waals surface area contributed by atoms with E-state index in [-0.39, 0.29) is 5.91 Å². The van der Waals surface area contributed by atoms with Gasteiger partial charge in [-0.15, -0.1) is 0 Å². The third kappa shape index (κ3) is 6.25. The fourth-order valence-electron chi connectivity index (χ4n) is 2.21. The molecule has 1 unspecified atom stereocenters. The Morgan fingerprint density at radius 3 is 2.75 bits per heavy atom. The van der Waals surface area contributed by atoms with Crippen LogP contribution in [0, 0.1) is 5.92 Å². The minimum Gasteiger partial charge on any atom is -0.330 e. The zero-order valence-electron chi connectivity index (χ0n) is 11.8. The lowest BCUT2D eigenvalue weighted by Gasteiger charge is -2.14. The molecule has 0 radical (unpaired) electrons. The SMILES string of the molecule is CCCC(CCN)CCC(=O)Nc1ccc(Cl)c(Br)c1. The maximum Gasteiger partial charge on any atom is 0.224 e. The van der Waals surface area contributed by atoms with Gasteiger partial charge in [0.15, 0.2) is 0 Å². The topological polar surface area (TPSA) is 55.1 Å². The molecule has 0 bridgehead atoms. The molecule has 5 heteroatoms. The van der Waals surface area contributed by atoms with E-state index in [1.165, 1.54) is 0 Å². The Morgan fingerprint density at radius 1 is 1.40 bits per heavy atom. The minimum atomic E-state index is 0.0392. The van der Waals surface area contributed by atoms with Gasteiger partial charge in [0.1, 0.15) is 0 Å². The van der Waals surface area contributed by atoms with Gasteiger partial charge < -0.3 is 11.1 Å². The van der Waals surface area contributed by atoms with E-state index in [2.05, 4.69) is 28.2 Å². The van der Waals surface area contributed by atoms with Crippen molar-refractivity contribution < 1.29 is 4.79 Å². The van der Waals surface area contributed by atoms with E-state index in [1.54, 1.807) is 12.1 Å². The van der Waals surface area contributed by atoms with Crippen LogP contribution in [0.15, 0.2) is 22.7 Å². The molecule has 0 aromatic heterocycles. The molecular weight excluding hydrogens is 340 g/mol. The molecule has 0 aliphatic heterocycles. The first-order valence-corrected chi connectivity index (χ1v) is 8.18. The monoisotopic (exact) mass is 360 g/mol. The van der Waals surface area contributed by atoms with Crippen LogP contribution in [-0.2, 0) is 4.79 Å². The van der Waals surface area contributed by atoms with Crippen LogP contribution in [0.3, 0.4) is 0 Å². The van der Waals surface area contributed by atoms with Crippen LogP contribution >= 0.6 is 27.5 Å². The molecule has 3 nitrogen and oxygen atoms in total. The normalized spacial score (nSPS) is 12.2. The van der Waals surface area contributed by atoms with Crippen molar-refractivity contribution >= 4 is 39.1 Å². The Kier molecular flexibility index (Phi) is 8.19. The van der Waals surface area contributed by atoms with Crippen molar-refractivity contribution in [2.75, 3.05) is 11.9 Å². The van der Waals surface area contributed by atoms with Gasteiger partial charge in [-0.05, 0) is 59.4 Å². The van der Waals surface area contributed by atoms with Gasteiger partial charge in [0.2, 0.25) is 5.91 Å². The Morgan fingerprint density at radius 2 is 2.15 bits per heavy atom. The fraction of sp³-hybridized carbons (Fsp3) is 0.533. The summed E-state index contributed by atoms with van der Waals surface area (Å²) >= 11 is 9.26. The van der Waals surface area contributed by atoms with E-state index in [9.17, 15) is 4.79 Å². The molecule has 0 aliphatic carbocycles. The maximum absolute atomic E-state index is 11.9. The first-order valence-electron chi connectivity index (χ1n) is 7.01. The molecule has 1 amide bonds. The molecule has 0 spiro atoms. The summed E-state index contributed by atoms with van der Waals surface area (Å²) in [5.74, 6) is 0.588. The third-order valence-corrected chi connectivity index (χ3v) is 4.47. The van der Waals surface area contributed by atoms with E-state index in [0.29, 0.717) is 23.9 Å². The second kappa shape index (κ2) is 9.37. The zero-order valence-corrected chi connectivity index (χ0v) is 14.1. The van der Waals surface area contributed by atoms with Gasteiger partial charge in [0, 0.05) is 16.6 Å². The first-order chi connectivity index (χ1) is 9.56. The number of carbonyl (C=O) groups excluding carboxylic acids is 1. The number of rotatable bonds is 8. The second-order valence-corrected chi connectivity index (χ2v) is 6.21. The lowest BCUT2D eigenvalue weighted by Crippen LogP contribution is -2.15. The highest BCUT2D eigenvalue weighted by Crippen LogP contribution is 2.26. The molecule has 1 aromatic carbocycles. The number of benzene rings is 1. The number of hydrogen-bond acceptors (Lipinski definition) is 2. The number of nitrogens with one attached hydrogen (secondary N) is 1. The summed E-state index contributed by atoms with van der Waals surface area (Å²) in [5, 5.41) is 3.52. The van der Waals surface area contributed by atoms with Crippen molar-refractivity contribution in [2.45, 2.75) is 39.0 Å². The van der Waals surface area contributed by atoms with Crippen LogP contribution < -0.4 is 11.1 Å². The summed E-state index contributed by atoms with van der Waals surface area (Å²) in [6.45, 7) is 2.85. The van der Waals surface area contributed by atoms with E-state index in [1.807, 2.05) is 6.07 Å². The van der Waals surface area contributed by atoms with Crippen molar-refractivity contribution in [3.63, 3.8) is 0 Å². The van der Waals surface area contributed by atoms with Gasteiger partial charge >= 0.3 is 0 Å². The number of anilines is 1. The number of carbonyl (C=O) groups is 1. The third-order valence-electron chi connectivity index (χ3n) is 3.25. The molecule has 3 N–H and O–H groups in total. The lowest BCUT2D eigenvalue weighted by molar-refractivity contribution is -0.116. The van der Waals surface area contributed by atoms with Gasteiger partial charge in [-0.1, -0.05) is 31.4 Å². The van der Waals surface area contributed by atoms with E-state index in [4.69, 9.17) is 17.3 Å². The highest BCUT2D eigenvalue weighted by Gasteiger charge is 2.10. The van der Waals surface area contributed by atoms with E-state index < -0.39 is 0 Å². The molecule has 0 heterocycles. The summed E-state index contributed by atoms with van der Waals surface area (Å²) in [7, 11) is 0. The molecule has 20 heavy (non-hydrogen) atoms. The minimum absolute atomic E-state index is 0.0392. The van der Waals surface area contributed by atoms with Crippen molar-refractivity contribution in [1.29, 1.82) is 0 Å². The predicted octanol–water partition coefficient (Wildman–Crippen LogP) is 4.59. The number of amides is 1. The number of hydrogen-bond donors (Lipinski definition) is 2. The lowest BCUT2D eigenvalue weighted by atomic mass is 9.94. The van der Waals surface area contributed by atoms with Crippen molar-refractivity contribution in [1.82, 2.24) is 0 Å². The quantitative estimate of drug-likeness (QED) is 0.711. The van der Waals surface area contributed by atoms with Gasteiger partial charge in [-0.25, -0.2) is 0 Å². The highest BCUT2D eigenvalue weighted by molar-refractivity contribution is 9.10. The molecule has 1 rings (SSSR count). The van der Waals surface area contributed by atoms with Gasteiger partial charge in [-0.2, -0.15) is 0 Å². The predicted molar refractivity (Wildman–Crippen MR) is 89.1 cm³/mol. The van der Waals surface area contributed by atoms with Crippen molar-refractivity contribution in [3.8, 4) is 0 Å². The van der Waals surface area contributed by atoms with Crippen molar-refractivity contribution in [3.05, 3.63) is 27.7 Å². The summed E-state index contributed by atoms with van der Waals surface area (Å²) in [5.41, 5.74) is 6.36. The molecule has 112 valence electrons. The molecule has 0 saturated heterocycles. The Labute approximate surface area is 134 Å². The standard InChI is InChI=1S/C15H22BrClN2O/c1-2-3-11(8-9-18)4-7-15(20)19-12-5-6-14(17)13(16)10-12/h5-6,10-11H,2-4,7-9,18H2,1H3,(H,19,20). The first kappa shape index (κ1) is 17.5.